The van der Waals surface area contributed by atoms with Gasteiger partial charge in [-0.3, -0.25) is 0 Å². The summed E-state index contributed by atoms with van der Waals surface area (Å²) in [5, 5.41) is 0. The Hall–Kier alpha value is 3.95. The summed E-state index contributed by atoms with van der Waals surface area (Å²) in [5.74, 6) is 0. The molecular formula is H6AsIn3NSb. The van der Waals surface area contributed by atoms with Gasteiger partial charge in [-0.15, -0.1) is 0 Å². The molecule has 0 heterocycles. The summed E-state index contributed by atoms with van der Waals surface area (Å²) < 4.78 is 0. The summed E-state index contributed by atoms with van der Waals surface area (Å²) in [6.45, 7) is 0. The quantitative estimate of drug-likeness (QED) is 0.279. The molecule has 0 aliphatic heterocycles. The summed E-state index contributed by atoms with van der Waals surface area (Å²) in [6.07, 6.45) is 0. The van der Waals surface area contributed by atoms with Gasteiger partial charge in [0.25, 0.3) is 0 Å². The summed E-state index contributed by atoms with van der Waals surface area (Å²) in [6, 6.07) is 0. The van der Waals surface area contributed by atoms with E-state index >= 15 is 0 Å². The fourth-order valence-electron chi connectivity index (χ4n) is 0. The second-order valence-electron chi connectivity index (χ2n) is 0. The van der Waals surface area contributed by atoms with Crippen LogP contribution in [-0.2, 0) is 0 Å². The second kappa shape index (κ2) is 36.3. The van der Waals surface area contributed by atoms with Crippen molar-refractivity contribution in [3.05, 3.63) is 6.15 Å². The number of rotatable bonds is 0. The first kappa shape index (κ1) is 51.1. The third-order valence-electron chi connectivity index (χ3n) is 0. The molecule has 0 fully saturated rings. The Bertz CT molecular complexity index is 10.8. The van der Waals surface area contributed by atoms with Gasteiger partial charge in [0.1, 0.15) is 0 Å². The second-order valence-corrected chi connectivity index (χ2v) is 0. The molecule has 0 unspecified atom stereocenters. The molecular weight excluding hydrogens is 555 g/mol. The van der Waals surface area contributed by atoms with E-state index in [0.29, 0.717) is 0 Å². The van der Waals surface area contributed by atoms with Crippen LogP contribution in [0.3, 0.4) is 0 Å². The van der Waals surface area contributed by atoms with Crippen molar-refractivity contribution >= 4 is 120 Å². The summed E-state index contributed by atoms with van der Waals surface area (Å²) in [7, 11) is 0. The first-order valence-corrected chi connectivity index (χ1v) is 0. The zero-order valence-electron chi connectivity index (χ0n) is 2.63. The Morgan fingerprint density at radius 2 is 0.667 bits per heavy atom. The Morgan fingerprint density at radius 3 is 0.667 bits per heavy atom. The van der Waals surface area contributed by atoms with Crippen LogP contribution in [0.25, 0.3) is 6.15 Å². The van der Waals surface area contributed by atoms with Crippen molar-refractivity contribution in [2.45, 2.75) is 0 Å². The molecule has 0 saturated heterocycles. The van der Waals surface area contributed by atoms with Crippen molar-refractivity contribution in [3.63, 3.8) is 0 Å². The third kappa shape index (κ3) is 24.6. The van der Waals surface area contributed by atoms with E-state index in [4.69, 9.17) is 0 Å². The molecule has 30 valence electrons. The molecule has 1 nitrogen and oxygen atoms in total. The minimum atomic E-state index is 0. The van der Waals surface area contributed by atoms with Gasteiger partial charge in [-0.2, -0.15) is 0 Å². The molecule has 0 spiro atoms. The SMILES string of the molecule is [As-3].[In+3].[In+3].[In+3].[N-3].[SbH6-3]. The topological polar surface area (TPSA) is 30.5 Å². The molecule has 0 aliphatic carbocycles. The van der Waals surface area contributed by atoms with Crippen molar-refractivity contribution in [2.75, 3.05) is 0 Å². The predicted molar refractivity (Wildman–Crippen MR) is 40.5 cm³/mol. The Labute approximate surface area is 123 Å². The monoisotopic (exact) mass is 561 g/mol. The van der Waals surface area contributed by atoms with E-state index < -0.39 is 0 Å². The molecule has 0 bridgehead atoms. The Morgan fingerprint density at radius 1 is 0.667 bits per heavy atom. The maximum absolute atomic E-state index is 0. The van der Waals surface area contributed by atoms with Crippen molar-refractivity contribution in [2.24, 2.45) is 0 Å². The summed E-state index contributed by atoms with van der Waals surface area (Å²) in [4.78, 5) is 0. The van der Waals surface area contributed by atoms with Gasteiger partial charge in [-0.25, -0.2) is 0 Å². The molecule has 0 radical (unpaired) electrons. The zero-order valence-corrected chi connectivity index (χ0v) is 14.4. The van der Waals surface area contributed by atoms with Gasteiger partial charge in [0.05, 0.1) is 0 Å². The van der Waals surface area contributed by atoms with E-state index in [1.807, 2.05) is 0 Å². The molecule has 0 aromatic heterocycles. The van der Waals surface area contributed by atoms with Crippen LogP contribution in [-0.4, -0.2) is 120 Å². The van der Waals surface area contributed by atoms with Gasteiger partial charge >= 0.3 is 102 Å². The normalized spacial score (nSPS) is 0. The molecule has 0 rings (SSSR count). The maximum atomic E-state index is 0. The van der Waals surface area contributed by atoms with Gasteiger partial charge in [0.2, 0.25) is 0 Å². The predicted octanol–water partition coefficient (Wildman–Crippen LogP) is -3.22. The van der Waals surface area contributed by atoms with E-state index in [9.17, 15) is 0 Å². The van der Waals surface area contributed by atoms with Crippen LogP contribution in [0.4, 0.5) is 0 Å². The van der Waals surface area contributed by atoms with Crippen LogP contribution in [0, 0.1) is 0 Å². The first-order valence-electron chi connectivity index (χ1n) is 0. The standard InChI is InChI=1S/As.3In.N.Sb.6H/q-3;3*+3;2*-3;;;;;;. The van der Waals surface area contributed by atoms with Crippen LogP contribution in [0.15, 0.2) is 0 Å². The van der Waals surface area contributed by atoms with Crippen molar-refractivity contribution < 1.29 is 0 Å². The Balaban J connectivity index is 0. The van der Waals surface area contributed by atoms with Crippen molar-refractivity contribution in [3.8, 4) is 0 Å². The van der Waals surface area contributed by atoms with E-state index in [1.165, 1.54) is 0 Å². The van der Waals surface area contributed by atoms with Gasteiger partial charge in [0, 0.05) is 0 Å². The summed E-state index contributed by atoms with van der Waals surface area (Å²) in [5.41, 5.74) is 0. The fraction of sp³-hybridized carbons (Fsp3) is 0. The van der Waals surface area contributed by atoms with Crippen LogP contribution in [0.5, 0.6) is 0 Å². The van der Waals surface area contributed by atoms with Gasteiger partial charge in [0.15, 0.2) is 0 Å². The molecule has 6 heteroatoms. The number of hydrogen-bond acceptors (Lipinski definition) is 0. The van der Waals surface area contributed by atoms with Crippen LogP contribution < -0.4 is 0 Å². The van der Waals surface area contributed by atoms with Crippen LogP contribution >= 0.6 is 0 Å². The van der Waals surface area contributed by atoms with Gasteiger partial charge in [-0.1, -0.05) is 0 Å². The van der Waals surface area contributed by atoms with E-state index in [-0.39, 0.29) is 126 Å². The molecule has 0 aromatic rings. The van der Waals surface area contributed by atoms with Crippen molar-refractivity contribution in [1.29, 1.82) is 0 Å². The van der Waals surface area contributed by atoms with E-state index in [1.54, 1.807) is 0 Å². The van der Waals surface area contributed by atoms with Crippen molar-refractivity contribution in [1.82, 2.24) is 0 Å². The van der Waals surface area contributed by atoms with E-state index in [2.05, 4.69) is 0 Å². The minimum absolute atomic E-state index is 0. The molecule has 0 amide bonds. The average molecular weight is 561 g/mol. The molecule has 0 aliphatic rings. The fourth-order valence-corrected chi connectivity index (χ4v) is 0. The number of nitrogens with zero attached hydrogens (tertiary/aromatic N) is 1. The molecule has 6 heavy (non-hydrogen) atoms. The number of hydrogen-bond donors (Lipinski definition) is 0. The molecule has 0 aromatic carbocycles. The Kier molecular flexibility index (Phi) is 309. The molecule has 0 saturated carbocycles. The van der Waals surface area contributed by atoms with Crippen LogP contribution in [0.2, 0.25) is 0 Å². The van der Waals surface area contributed by atoms with E-state index in [0.717, 1.165) is 0 Å². The zero-order chi connectivity index (χ0) is 0. The molecule has 0 N–H and O–H groups in total. The van der Waals surface area contributed by atoms with Gasteiger partial charge in [-0.05, 0) is 0 Å². The average Bonchev–Trinajstić information content (AvgIpc) is 0. The van der Waals surface area contributed by atoms with Crippen LogP contribution in [0.1, 0.15) is 0 Å². The first-order chi connectivity index (χ1) is 0. The third-order valence-corrected chi connectivity index (χ3v) is 0. The van der Waals surface area contributed by atoms with Gasteiger partial charge < -0.3 is 24.1 Å². The summed E-state index contributed by atoms with van der Waals surface area (Å²) >= 11 is 0. The molecule has 0 atom stereocenters.